The fraction of sp³-hybridized carbons (Fsp3) is 0.158. The van der Waals surface area contributed by atoms with Gasteiger partial charge in [-0.15, -0.1) is 0 Å². The van der Waals surface area contributed by atoms with Crippen molar-refractivity contribution in [3.05, 3.63) is 70.5 Å². The third-order valence-corrected chi connectivity index (χ3v) is 3.98. The van der Waals surface area contributed by atoms with Gasteiger partial charge in [-0.3, -0.25) is 10.1 Å². The highest BCUT2D eigenvalue weighted by atomic mass is 16.6. The number of anilines is 3. The van der Waals surface area contributed by atoms with Gasteiger partial charge in [-0.25, -0.2) is 9.97 Å². The van der Waals surface area contributed by atoms with Crippen molar-refractivity contribution in [2.75, 3.05) is 24.9 Å². The first-order valence-electron chi connectivity index (χ1n) is 8.38. The molecule has 9 nitrogen and oxygen atoms in total. The van der Waals surface area contributed by atoms with Gasteiger partial charge in [0.25, 0.3) is 0 Å². The van der Waals surface area contributed by atoms with Crippen LogP contribution < -0.4 is 20.1 Å². The number of nitrogens with one attached hydrogen (secondary N) is 2. The van der Waals surface area contributed by atoms with Crippen molar-refractivity contribution in [2.24, 2.45) is 0 Å². The molecule has 3 rings (SSSR count). The molecule has 0 unspecified atom stereocenters. The predicted molar refractivity (Wildman–Crippen MR) is 105 cm³/mol. The van der Waals surface area contributed by atoms with Crippen LogP contribution in [0.2, 0.25) is 0 Å². The predicted octanol–water partition coefficient (Wildman–Crippen LogP) is 3.76. The van der Waals surface area contributed by atoms with Crippen molar-refractivity contribution in [1.29, 1.82) is 0 Å². The van der Waals surface area contributed by atoms with Gasteiger partial charge in [-0.2, -0.15) is 0 Å². The van der Waals surface area contributed by atoms with Crippen molar-refractivity contribution in [1.82, 2.24) is 9.97 Å². The molecular formula is C19H19N5O4. The normalized spacial score (nSPS) is 10.2. The molecule has 0 aliphatic rings. The van der Waals surface area contributed by atoms with Gasteiger partial charge in [0.05, 0.1) is 24.8 Å². The molecule has 0 saturated carbocycles. The first-order chi connectivity index (χ1) is 13.6. The fourth-order valence-corrected chi connectivity index (χ4v) is 2.58. The number of aromatic nitrogens is 2. The molecule has 1 aromatic heterocycles. The number of benzene rings is 2. The van der Waals surface area contributed by atoms with Gasteiger partial charge in [-0.05, 0) is 29.8 Å². The minimum absolute atomic E-state index is 0.0710. The third kappa shape index (κ3) is 4.26. The van der Waals surface area contributed by atoms with Crippen LogP contribution in [0.15, 0.2) is 54.9 Å². The second-order valence-electron chi connectivity index (χ2n) is 5.70. The Morgan fingerprint density at radius 1 is 1.00 bits per heavy atom. The average Bonchev–Trinajstić information content (AvgIpc) is 2.73. The lowest BCUT2D eigenvalue weighted by Crippen LogP contribution is -2.08. The molecule has 2 aromatic carbocycles. The van der Waals surface area contributed by atoms with Gasteiger partial charge in [0.2, 0.25) is 11.6 Å². The summed E-state index contributed by atoms with van der Waals surface area (Å²) in [5.41, 5.74) is 1.24. The van der Waals surface area contributed by atoms with E-state index in [9.17, 15) is 10.1 Å². The quantitative estimate of drug-likeness (QED) is 0.448. The number of rotatable bonds is 8. The summed E-state index contributed by atoms with van der Waals surface area (Å²) in [7, 11) is 3.12. The van der Waals surface area contributed by atoms with Crippen LogP contribution in [0, 0.1) is 10.1 Å². The van der Waals surface area contributed by atoms with E-state index in [1.165, 1.54) is 13.4 Å². The summed E-state index contributed by atoms with van der Waals surface area (Å²) in [4.78, 5) is 19.2. The van der Waals surface area contributed by atoms with Crippen LogP contribution in [0.4, 0.5) is 23.0 Å². The number of ether oxygens (including phenoxy) is 2. The van der Waals surface area contributed by atoms with Crippen LogP contribution in [-0.4, -0.2) is 29.1 Å². The number of hydrogen-bond donors (Lipinski definition) is 2. The molecule has 0 amide bonds. The van der Waals surface area contributed by atoms with E-state index < -0.39 is 4.92 Å². The topological polar surface area (TPSA) is 111 Å². The molecule has 2 N–H and O–H groups in total. The number of para-hydroxylation sites is 2. The molecule has 28 heavy (non-hydrogen) atoms. The smallest absolute Gasteiger partial charge is 0.353 e. The maximum absolute atomic E-state index is 11.7. The van der Waals surface area contributed by atoms with Crippen molar-refractivity contribution < 1.29 is 14.4 Å². The zero-order valence-electron chi connectivity index (χ0n) is 15.4. The molecule has 0 saturated heterocycles. The minimum Gasteiger partial charge on any atom is -0.497 e. The zero-order valence-corrected chi connectivity index (χ0v) is 15.4. The Morgan fingerprint density at radius 2 is 1.71 bits per heavy atom. The Kier molecular flexibility index (Phi) is 5.85. The maximum Gasteiger partial charge on any atom is 0.353 e. The Balaban J connectivity index is 1.85. The van der Waals surface area contributed by atoms with Gasteiger partial charge >= 0.3 is 5.69 Å². The van der Waals surface area contributed by atoms with Crippen molar-refractivity contribution in [3.8, 4) is 11.5 Å². The monoisotopic (exact) mass is 381 g/mol. The van der Waals surface area contributed by atoms with Gasteiger partial charge in [-0.1, -0.05) is 24.3 Å². The van der Waals surface area contributed by atoms with Gasteiger partial charge in [0.1, 0.15) is 17.8 Å². The summed E-state index contributed by atoms with van der Waals surface area (Å²) < 4.78 is 10.4. The molecule has 0 aliphatic heterocycles. The van der Waals surface area contributed by atoms with Gasteiger partial charge in [0.15, 0.2) is 0 Å². The van der Waals surface area contributed by atoms with E-state index in [-0.39, 0.29) is 17.3 Å². The standard InChI is InChI=1S/C19H19N5O4/c1-27-14-9-7-13(8-10-14)11-20-18-17(24(25)26)19(22-12-21-18)23-15-5-3-4-6-16(15)28-2/h3-10,12H,11H2,1-2H3,(H2,20,21,22,23). The van der Waals surface area contributed by atoms with E-state index in [1.54, 1.807) is 31.4 Å². The molecule has 144 valence electrons. The third-order valence-electron chi connectivity index (χ3n) is 3.98. The summed E-state index contributed by atoms with van der Waals surface area (Å²) in [6.07, 6.45) is 1.26. The Morgan fingerprint density at radius 3 is 2.39 bits per heavy atom. The van der Waals surface area contributed by atoms with Crippen LogP contribution in [0.3, 0.4) is 0 Å². The van der Waals surface area contributed by atoms with Crippen LogP contribution >= 0.6 is 0 Å². The summed E-state index contributed by atoms with van der Waals surface area (Å²) in [5.74, 6) is 1.47. The molecule has 0 radical (unpaired) electrons. The molecular weight excluding hydrogens is 362 g/mol. The minimum atomic E-state index is -0.520. The highest BCUT2D eigenvalue weighted by Gasteiger charge is 2.23. The van der Waals surface area contributed by atoms with Gasteiger partial charge < -0.3 is 20.1 Å². The summed E-state index contributed by atoms with van der Waals surface area (Å²) in [6.45, 7) is 0.357. The molecule has 0 fully saturated rings. The molecule has 0 bridgehead atoms. The number of nitro groups is 1. The Labute approximate surface area is 161 Å². The van der Waals surface area contributed by atoms with E-state index in [0.29, 0.717) is 18.0 Å². The van der Waals surface area contributed by atoms with E-state index in [0.717, 1.165) is 11.3 Å². The lowest BCUT2D eigenvalue weighted by molar-refractivity contribution is -0.383. The lowest BCUT2D eigenvalue weighted by atomic mass is 10.2. The SMILES string of the molecule is COc1ccc(CNc2ncnc(Nc3ccccc3OC)c2[N+](=O)[O-])cc1. The van der Waals surface area contributed by atoms with Crippen LogP contribution in [0.1, 0.15) is 5.56 Å². The molecule has 9 heteroatoms. The summed E-state index contributed by atoms with van der Waals surface area (Å²) in [6, 6.07) is 14.5. The largest absolute Gasteiger partial charge is 0.497 e. The molecule has 0 aliphatic carbocycles. The van der Waals surface area contributed by atoms with Crippen LogP contribution in [0.5, 0.6) is 11.5 Å². The number of hydrogen-bond acceptors (Lipinski definition) is 8. The zero-order chi connectivity index (χ0) is 19.9. The highest BCUT2D eigenvalue weighted by molar-refractivity contribution is 5.75. The highest BCUT2D eigenvalue weighted by Crippen LogP contribution is 2.34. The summed E-state index contributed by atoms with van der Waals surface area (Å²) >= 11 is 0. The van der Waals surface area contributed by atoms with E-state index >= 15 is 0 Å². The second kappa shape index (κ2) is 8.67. The first-order valence-corrected chi connectivity index (χ1v) is 8.38. The Hall–Kier alpha value is -3.88. The fourth-order valence-electron chi connectivity index (χ4n) is 2.58. The van der Waals surface area contributed by atoms with Crippen molar-refractivity contribution >= 4 is 23.0 Å². The molecule has 3 aromatic rings. The van der Waals surface area contributed by atoms with Crippen LogP contribution in [-0.2, 0) is 6.54 Å². The number of methoxy groups -OCH3 is 2. The van der Waals surface area contributed by atoms with E-state index in [1.807, 2.05) is 24.3 Å². The first kappa shape index (κ1) is 18.9. The molecule has 0 spiro atoms. The van der Waals surface area contributed by atoms with Crippen molar-refractivity contribution in [3.63, 3.8) is 0 Å². The Bertz CT molecular complexity index is 963. The average molecular weight is 381 g/mol. The second-order valence-corrected chi connectivity index (χ2v) is 5.70. The van der Waals surface area contributed by atoms with E-state index in [4.69, 9.17) is 9.47 Å². The number of nitrogens with zero attached hydrogens (tertiary/aromatic N) is 3. The van der Waals surface area contributed by atoms with Crippen molar-refractivity contribution in [2.45, 2.75) is 6.54 Å². The molecule has 0 atom stereocenters. The lowest BCUT2D eigenvalue weighted by Gasteiger charge is -2.12. The van der Waals surface area contributed by atoms with Crippen LogP contribution in [0.25, 0.3) is 0 Å². The summed E-state index contributed by atoms with van der Waals surface area (Å²) in [5, 5.41) is 17.6. The molecule has 1 heterocycles. The van der Waals surface area contributed by atoms with E-state index in [2.05, 4.69) is 20.6 Å². The maximum atomic E-state index is 11.7. The van der Waals surface area contributed by atoms with Gasteiger partial charge in [0, 0.05) is 6.54 Å².